The number of anilines is 1. The number of hydrogen-bond acceptors (Lipinski definition) is 2. The van der Waals surface area contributed by atoms with Gasteiger partial charge in [-0.3, -0.25) is 0 Å². The molecule has 2 N–H and O–H groups in total. The Morgan fingerprint density at radius 1 is 1.10 bits per heavy atom. The van der Waals surface area contributed by atoms with Crippen molar-refractivity contribution in [2.75, 3.05) is 5.32 Å². The zero-order valence-electron chi connectivity index (χ0n) is 10.9. The van der Waals surface area contributed by atoms with Crippen LogP contribution in [0.3, 0.4) is 0 Å². The van der Waals surface area contributed by atoms with E-state index in [-0.39, 0.29) is 0 Å². The van der Waals surface area contributed by atoms with Gasteiger partial charge in [0.1, 0.15) is 0 Å². The van der Waals surface area contributed by atoms with Crippen LogP contribution in [0, 0.1) is 6.92 Å². The number of imidazole rings is 1. The number of aromatic nitrogens is 2. The summed E-state index contributed by atoms with van der Waals surface area (Å²) in [6, 6.07) is 11.6. The summed E-state index contributed by atoms with van der Waals surface area (Å²) in [4.78, 5) is 7.73. The molecule has 5 heteroatoms. The summed E-state index contributed by atoms with van der Waals surface area (Å²) in [7, 11) is 0. The average molecular weight is 306 g/mol. The van der Waals surface area contributed by atoms with Gasteiger partial charge in [-0.2, -0.15) is 0 Å². The number of fused-ring (bicyclic) bond motifs is 1. The van der Waals surface area contributed by atoms with Crippen molar-refractivity contribution in [3.63, 3.8) is 0 Å². The Hall–Kier alpha value is -1.71. The minimum absolute atomic E-state index is 0.610. The van der Waals surface area contributed by atoms with Crippen LogP contribution in [-0.2, 0) is 6.54 Å². The SMILES string of the molecule is Cc1ccc2nc(NCc3cc(Cl)cc(Cl)c3)[nH]c2c1. The van der Waals surface area contributed by atoms with Crippen LogP contribution >= 0.6 is 23.2 Å². The highest BCUT2D eigenvalue weighted by atomic mass is 35.5. The van der Waals surface area contributed by atoms with Gasteiger partial charge in [0.05, 0.1) is 11.0 Å². The van der Waals surface area contributed by atoms with Gasteiger partial charge in [-0.1, -0.05) is 29.3 Å². The molecule has 2 aromatic carbocycles. The van der Waals surface area contributed by atoms with Crippen molar-refractivity contribution in [3.05, 3.63) is 57.6 Å². The van der Waals surface area contributed by atoms with E-state index >= 15 is 0 Å². The zero-order valence-corrected chi connectivity index (χ0v) is 12.4. The maximum atomic E-state index is 5.98. The molecule has 102 valence electrons. The lowest BCUT2D eigenvalue weighted by molar-refractivity contribution is 1.10. The summed E-state index contributed by atoms with van der Waals surface area (Å²) in [5, 5.41) is 4.51. The van der Waals surface area contributed by atoms with Crippen molar-refractivity contribution in [1.82, 2.24) is 9.97 Å². The first kappa shape index (κ1) is 13.3. The Bertz CT molecular complexity index is 745. The van der Waals surface area contributed by atoms with E-state index in [1.165, 1.54) is 5.56 Å². The molecule has 0 aliphatic heterocycles. The third-order valence-electron chi connectivity index (χ3n) is 3.02. The standard InChI is InChI=1S/C15H13Cl2N3/c1-9-2-3-13-14(4-9)20-15(19-13)18-8-10-5-11(16)7-12(17)6-10/h2-7H,8H2,1H3,(H2,18,19,20). The van der Waals surface area contributed by atoms with Crippen LogP contribution in [0.5, 0.6) is 0 Å². The lowest BCUT2D eigenvalue weighted by Crippen LogP contribution is -2.00. The van der Waals surface area contributed by atoms with Crippen molar-refractivity contribution in [2.24, 2.45) is 0 Å². The molecule has 3 nitrogen and oxygen atoms in total. The number of hydrogen-bond donors (Lipinski definition) is 2. The molecule has 0 unspecified atom stereocenters. The molecule has 0 aliphatic rings. The van der Waals surface area contributed by atoms with Crippen molar-refractivity contribution in [2.45, 2.75) is 13.5 Å². The van der Waals surface area contributed by atoms with E-state index < -0.39 is 0 Å². The van der Waals surface area contributed by atoms with E-state index in [0.29, 0.717) is 16.6 Å². The molecular formula is C15H13Cl2N3. The van der Waals surface area contributed by atoms with Crippen molar-refractivity contribution >= 4 is 40.2 Å². The number of aryl methyl sites for hydroxylation is 1. The van der Waals surface area contributed by atoms with E-state index in [1.54, 1.807) is 6.07 Å². The van der Waals surface area contributed by atoms with Crippen LogP contribution in [0.25, 0.3) is 11.0 Å². The topological polar surface area (TPSA) is 40.7 Å². The predicted molar refractivity (Wildman–Crippen MR) is 84.6 cm³/mol. The molecule has 0 saturated carbocycles. The molecule has 0 spiro atoms. The normalized spacial score (nSPS) is 10.9. The Balaban J connectivity index is 1.79. The molecule has 1 heterocycles. The van der Waals surface area contributed by atoms with E-state index in [1.807, 2.05) is 24.3 Å². The number of benzene rings is 2. The fourth-order valence-corrected chi connectivity index (χ4v) is 2.68. The number of H-pyrrole nitrogens is 1. The first-order chi connectivity index (χ1) is 9.60. The molecule has 0 aliphatic carbocycles. The van der Waals surface area contributed by atoms with E-state index in [9.17, 15) is 0 Å². The van der Waals surface area contributed by atoms with E-state index in [4.69, 9.17) is 23.2 Å². The number of halogens is 2. The summed E-state index contributed by atoms with van der Waals surface area (Å²) in [6.07, 6.45) is 0. The Morgan fingerprint density at radius 3 is 2.60 bits per heavy atom. The minimum atomic E-state index is 0.610. The largest absolute Gasteiger partial charge is 0.352 e. The third-order valence-corrected chi connectivity index (χ3v) is 3.46. The maximum absolute atomic E-state index is 5.98. The van der Waals surface area contributed by atoms with Crippen molar-refractivity contribution < 1.29 is 0 Å². The fourth-order valence-electron chi connectivity index (χ4n) is 2.11. The number of aromatic amines is 1. The summed E-state index contributed by atoms with van der Waals surface area (Å²) >= 11 is 12.0. The monoisotopic (exact) mass is 305 g/mol. The smallest absolute Gasteiger partial charge is 0.201 e. The van der Waals surface area contributed by atoms with Crippen LogP contribution in [0.1, 0.15) is 11.1 Å². The lowest BCUT2D eigenvalue weighted by Gasteiger charge is -2.04. The first-order valence-corrected chi connectivity index (χ1v) is 7.01. The van der Waals surface area contributed by atoms with Crippen LogP contribution in [0.2, 0.25) is 10.0 Å². The zero-order chi connectivity index (χ0) is 14.1. The summed E-state index contributed by atoms with van der Waals surface area (Å²) in [5.74, 6) is 0.738. The molecule has 0 radical (unpaired) electrons. The molecule has 0 bridgehead atoms. The molecule has 0 fully saturated rings. The number of nitrogens with zero attached hydrogens (tertiary/aromatic N) is 1. The van der Waals surface area contributed by atoms with Gasteiger partial charge in [0.2, 0.25) is 5.95 Å². The second-order valence-electron chi connectivity index (χ2n) is 4.74. The quantitative estimate of drug-likeness (QED) is 0.730. The van der Waals surface area contributed by atoms with Gasteiger partial charge in [-0.05, 0) is 48.4 Å². The molecule has 20 heavy (non-hydrogen) atoms. The third kappa shape index (κ3) is 2.89. The van der Waals surface area contributed by atoms with Gasteiger partial charge < -0.3 is 10.3 Å². The Labute approximate surface area is 126 Å². The number of rotatable bonds is 3. The molecular weight excluding hydrogens is 293 g/mol. The first-order valence-electron chi connectivity index (χ1n) is 6.25. The number of nitrogens with one attached hydrogen (secondary N) is 2. The maximum Gasteiger partial charge on any atom is 0.201 e. The average Bonchev–Trinajstić information content (AvgIpc) is 2.77. The molecule has 0 saturated heterocycles. The summed E-state index contributed by atoms with van der Waals surface area (Å²) in [5.41, 5.74) is 4.19. The lowest BCUT2D eigenvalue weighted by atomic mass is 10.2. The summed E-state index contributed by atoms with van der Waals surface area (Å²) in [6.45, 7) is 2.67. The highest BCUT2D eigenvalue weighted by Crippen LogP contribution is 2.20. The molecule has 3 aromatic rings. The molecule has 0 atom stereocenters. The van der Waals surface area contributed by atoms with Crippen LogP contribution in [-0.4, -0.2) is 9.97 Å². The van der Waals surface area contributed by atoms with Gasteiger partial charge in [-0.15, -0.1) is 0 Å². The van der Waals surface area contributed by atoms with Gasteiger partial charge in [0.25, 0.3) is 0 Å². The van der Waals surface area contributed by atoms with Crippen molar-refractivity contribution in [1.29, 1.82) is 0 Å². The fraction of sp³-hybridized carbons (Fsp3) is 0.133. The van der Waals surface area contributed by atoms with Crippen LogP contribution in [0.4, 0.5) is 5.95 Å². The van der Waals surface area contributed by atoms with E-state index in [2.05, 4.69) is 28.3 Å². The van der Waals surface area contributed by atoms with Gasteiger partial charge in [0, 0.05) is 16.6 Å². The van der Waals surface area contributed by atoms with Gasteiger partial charge in [0.15, 0.2) is 0 Å². The highest BCUT2D eigenvalue weighted by molar-refractivity contribution is 6.34. The molecule has 0 amide bonds. The predicted octanol–water partition coefficient (Wildman–Crippen LogP) is 4.79. The van der Waals surface area contributed by atoms with Crippen LogP contribution in [0.15, 0.2) is 36.4 Å². The Morgan fingerprint density at radius 2 is 1.85 bits per heavy atom. The minimum Gasteiger partial charge on any atom is -0.352 e. The summed E-state index contributed by atoms with van der Waals surface area (Å²) < 4.78 is 0. The highest BCUT2D eigenvalue weighted by Gasteiger charge is 2.03. The van der Waals surface area contributed by atoms with Crippen LogP contribution < -0.4 is 5.32 Å². The Kier molecular flexibility index (Phi) is 3.55. The molecule has 1 aromatic heterocycles. The molecule has 3 rings (SSSR count). The second-order valence-corrected chi connectivity index (χ2v) is 5.61. The van der Waals surface area contributed by atoms with Gasteiger partial charge in [-0.25, -0.2) is 4.98 Å². The van der Waals surface area contributed by atoms with Crippen molar-refractivity contribution in [3.8, 4) is 0 Å². The van der Waals surface area contributed by atoms with E-state index in [0.717, 1.165) is 22.5 Å². The van der Waals surface area contributed by atoms with Gasteiger partial charge >= 0.3 is 0 Å². The second kappa shape index (κ2) is 5.35.